The minimum absolute atomic E-state index is 0.203. The Hall–Kier alpha value is -4.40. The summed E-state index contributed by atoms with van der Waals surface area (Å²) in [5, 5.41) is 9.29. The van der Waals surface area contributed by atoms with Gasteiger partial charge in [-0.05, 0) is 35.9 Å². The van der Waals surface area contributed by atoms with Gasteiger partial charge in [0.1, 0.15) is 11.6 Å². The van der Waals surface area contributed by atoms with Gasteiger partial charge in [-0.15, -0.1) is 10.2 Å². The number of halogens is 1. The molecule has 0 aliphatic rings. The smallest absolute Gasteiger partial charge is 0.263 e. The van der Waals surface area contributed by atoms with Crippen molar-refractivity contribution in [3.05, 3.63) is 82.4 Å². The lowest BCUT2D eigenvalue weighted by Gasteiger charge is -2.15. The van der Waals surface area contributed by atoms with Crippen LogP contribution in [0.3, 0.4) is 0 Å². The van der Waals surface area contributed by atoms with Gasteiger partial charge in [0.15, 0.2) is 17.3 Å². The third-order valence-corrected chi connectivity index (χ3v) is 5.71. The molecule has 3 aromatic carbocycles. The summed E-state index contributed by atoms with van der Waals surface area (Å²) in [6.45, 7) is 0.203. The molecule has 2 heterocycles. The average molecular weight is 460 g/mol. The van der Waals surface area contributed by atoms with Gasteiger partial charge in [-0.3, -0.25) is 13.8 Å². The van der Waals surface area contributed by atoms with E-state index in [0.29, 0.717) is 45.3 Å². The van der Waals surface area contributed by atoms with Gasteiger partial charge in [-0.25, -0.2) is 4.39 Å². The molecule has 34 heavy (non-hydrogen) atoms. The van der Waals surface area contributed by atoms with Gasteiger partial charge in [-0.2, -0.15) is 0 Å². The molecule has 172 valence electrons. The number of methoxy groups -OCH3 is 3. The van der Waals surface area contributed by atoms with Crippen LogP contribution in [0.1, 0.15) is 5.56 Å². The van der Waals surface area contributed by atoms with Gasteiger partial charge in [0.05, 0.1) is 44.3 Å². The fourth-order valence-corrected chi connectivity index (χ4v) is 4.05. The average Bonchev–Trinajstić information content (AvgIpc) is 3.31. The van der Waals surface area contributed by atoms with E-state index in [1.807, 2.05) is 16.5 Å². The topological polar surface area (TPSA) is 79.9 Å². The first kappa shape index (κ1) is 21.4. The number of ether oxygens (including phenoxy) is 3. The largest absolute Gasteiger partial charge is 0.496 e. The van der Waals surface area contributed by atoms with E-state index >= 15 is 0 Å². The van der Waals surface area contributed by atoms with Crippen LogP contribution >= 0.6 is 0 Å². The van der Waals surface area contributed by atoms with E-state index in [0.717, 1.165) is 5.56 Å². The van der Waals surface area contributed by atoms with Crippen LogP contribution in [0, 0.1) is 5.82 Å². The first-order valence-corrected chi connectivity index (χ1v) is 10.5. The van der Waals surface area contributed by atoms with Gasteiger partial charge in [0.25, 0.3) is 5.56 Å². The summed E-state index contributed by atoms with van der Waals surface area (Å²) in [4.78, 5) is 13.4. The number of hydrogen-bond donors (Lipinski definition) is 0. The van der Waals surface area contributed by atoms with Crippen LogP contribution in [-0.4, -0.2) is 40.5 Å². The fourth-order valence-electron chi connectivity index (χ4n) is 4.05. The van der Waals surface area contributed by atoms with Crippen molar-refractivity contribution in [1.82, 2.24) is 19.2 Å². The minimum atomic E-state index is -0.343. The summed E-state index contributed by atoms with van der Waals surface area (Å²) in [7, 11) is 4.65. The predicted octanol–water partition coefficient (Wildman–Crippen LogP) is 3.92. The quantitative estimate of drug-likeness (QED) is 0.382. The number of aromatic nitrogens is 4. The van der Waals surface area contributed by atoms with E-state index in [1.165, 1.54) is 16.7 Å². The second-order valence-electron chi connectivity index (χ2n) is 7.60. The number of rotatable bonds is 6. The molecule has 5 rings (SSSR count). The lowest BCUT2D eigenvalue weighted by Crippen LogP contribution is -2.24. The molecule has 0 bridgehead atoms. The van der Waals surface area contributed by atoms with E-state index in [9.17, 15) is 9.18 Å². The summed E-state index contributed by atoms with van der Waals surface area (Å²) in [6.07, 6.45) is 0. The summed E-state index contributed by atoms with van der Waals surface area (Å²) < 4.78 is 33.2. The first-order valence-electron chi connectivity index (χ1n) is 10.5. The maximum absolute atomic E-state index is 13.4. The van der Waals surface area contributed by atoms with Crippen molar-refractivity contribution >= 4 is 16.7 Å². The van der Waals surface area contributed by atoms with Crippen molar-refractivity contribution < 1.29 is 18.6 Å². The molecular weight excluding hydrogens is 439 g/mol. The Morgan fingerprint density at radius 3 is 2.24 bits per heavy atom. The van der Waals surface area contributed by atoms with Gasteiger partial charge < -0.3 is 14.2 Å². The molecule has 0 saturated heterocycles. The second kappa shape index (κ2) is 8.51. The molecule has 0 unspecified atom stereocenters. The molecular formula is C25H21FN4O4. The molecule has 0 spiro atoms. The Balaban J connectivity index is 1.82. The normalized spacial score (nSPS) is 11.2. The molecule has 0 radical (unpaired) electrons. The number of nitrogens with zero attached hydrogens (tertiary/aromatic N) is 4. The Labute approximate surface area is 193 Å². The van der Waals surface area contributed by atoms with Crippen molar-refractivity contribution in [3.63, 3.8) is 0 Å². The second-order valence-corrected chi connectivity index (χ2v) is 7.60. The number of hydrogen-bond acceptors (Lipinski definition) is 6. The molecule has 0 saturated carbocycles. The van der Waals surface area contributed by atoms with Crippen molar-refractivity contribution in [2.45, 2.75) is 6.54 Å². The maximum atomic E-state index is 13.4. The highest BCUT2D eigenvalue weighted by atomic mass is 19.1. The summed E-state index contributed by atoms with van der Waals surface area (Å²) in [5.74, 6) is 1.99. The molecule has 2 aromatic heterocycles. The van der Waals surface area contributed by atoms with Crippen molar-refractivity contribution in [2.75, 3.05) is 21.3 Å². The monoisotopic (exact) mass is 460 g/mol. The molecule has 0 aliphatic carbocycles. The minimum Gasteiger partial charge on any atom is -0.496 e. The Kier molecular flexibility index (Phi) is 5.37. The van der Waals surface area contributed by atoms with Crippen molar-refractivity contribution in [2.24, 2.45) is 0 Å². The molecule has 0 aliphatic heterocycles. The summed E-state index contributed by atoms with van der Waals surface area (Å²) in [6, 6.07) is 16.7. The van der Waals surface area contributed by atoms with Gasteiger partial charge >= 0.3 is 0 Å². The summed E-state index contributed by atoms with van der Waals surface area (Å²) in [5.41, 5.74) is 1.80. The first-order chi connectivity index (χ1) is 16.5. The number of fused-ring (bicyclic) bond motifs is 3. The summed E-state index contributed by atoms with van der Waals surface area (Å²) >= 11 is 0. The zero-order valence-electron chi connectivity index (χ0n) is 18.8. The van der Waals surface area contributed by atoms with E-state index in [-0.39, 0.29) is 17.9 Å². The van der Waals surface area contributed by atoms with Crippen LogP contribution < -0.4 is 19.8 Å². The molecule has 9 heteroatoms. The number of benzene rings is 3. The lowest BCUT2D eigenvalue weighted by atomic mass is 10.1. The molecule has 0 amide bonds. The zero-order chi connectivity index (χ0) is 23.8. The number of para-hydroxylation sites is 1. The van der Waals surface area contributed by atoms with E-state index in [2.05, 4.69) is 10.2 Å². The van der Waals surface area contributed by atoms with Crippen LogP contribution in [0.2, 0.25) is 0 Å². The third-order valence-electron chi connectivity index (χ3n) is 5.71. The van der Waals surface area contributed by atoms with Crippen molar-refractivity contribution in [1.29, 1.82) is 0 Å². The van der Waals surface area contributed by atoms with Crippen LogP contribution in [0.4, 0.5) is 4.39 Å². The highest BCUT2D eigenvalue weighted by Crippen LogP contribution is 2.40. The predicted molar refractivity (Wildman–Crippen MR) is 125 cm³/mol. The van der Waals surface area contributed by atoms with Gasteiger partial charge in [0, 0.05) is 6.07 Å². The lowest BCUT2D eigenvalue weighted by molar-refractivity contribution is 0.349. The van der Waals surface area contributed by atoms with Crippen LogP contribution in [0.5, 0.6) is 17.2 Å². The highest BCUT2D eigenvalue weighted by Gasteiger charge is 2.22. The van der Waals surface area contributed by atoms with Gasteiger partial charge in [-0.1, -0.05) is 24.3 Å². The Morgan fingerprint density at radius 2 is 1.53 bits per heavy atom. The fraction of sp³-hybridized carbons (Fsp3) is 0.160. The van der Waals surface area contributed by atoms with Gasteiger partial charge in [0.2, 0.25) is 5.78 Å². The van der Waals surface area contributed by atoms with E-state index < -0.39 is 0 Å². The molecule has 0 fully saturated rings. The SMILES string of the molecule is COc1cc(OC)c(-c2nnc3n(Cc4ccc(F)cc4)c(=O)c4ccccc4n23)cc1OC. The third kappa shape index (κ3) is 3.42. The standard InChI is InChI=1S/C25H21FN4O4/c1-32-20-13-22(34-3)21(33-2)12-18(20)23-27-28-25-29(14-15-8-10-16(26)11-9-15)24(31)17-6-4-5-7-19(17)30(23)25/h4-13H,14H2,1-3H3. The highest BCUT2D eigenvalue weighted by molar-refractivity contribution is 5.83. The van der Waals surface area contributed by atoms with Crippen LogP contribution in [0.25, 0.3) is 28.1 Å². The van der Waals surface area contributed by atoms with Crippen LogP contribution in [0.15, 0.2) is 65.5 Å². The molecule has 5 aromatic rings. The van der Waals surface area contributed by atoms with Crippen molar-refractivity contribution in [3.8, 4) is 28.6 Å². The molecule has 0 atom stereocenters. The molecule has 8 nitrogen and oxygen atoms in total. The molecule has 0 N–H and O–H groups in total. The van der Waals surface area contributed by atoms with E-state index in [4.69, 9.17) is 14.2 Å². The van der Waals surface area contributed by atoms with E-state index in [1.54, 1.807) is 57.7 Å². The van der Waals surface area contributed by atoms with Crippen LogP contribution in [-0.2, 0) is 6.54 Å². The maximum Gasteiger partial charge on any atom is 0.263 e. The Morgan fingerprint density at radius 1 is 0.853 bits per heavy atom. The Bertz CT molecular complexity index is 1570. The zero-order valence-corrected chi connectivity index (χ0v) is 18.8.